The van der Waals surface area contributed by atoms with Crippen molar-refractivity contribution in [2.24, 2.45) is 0 Å². The van der Waals surface area contributed by atoms with Crippen molar-refractivity contribution in [1.82, 2.24) is 9.55 Å². The van der Waals surface area contributed by atoms with Crippen LogP contribution in [0.1, 0.15) is 17.9 Å². The third-order valence-corrected chi connectivity index (χ3v) is 3.04. The zero-order valence-corrected chi connectivity index (χ0v) is 9.50. The van der Waals surface area contributed by atoms with Gasteiger partial charge in [-0.15, -0.1) is 0 Å². The predicted octanol–water partition coefficient (Wildman–Crippen LogP) is 1.03. The summed E-state index contributed by atoms with van der Waals surface area (Å²) in [6, 6.07) is 0. The molecular formula is C10H15ClN2O2. The lowest BCUT2D eigenvalue weighted by Gasteiger charge is -2.21. The molecule has 1 aromatic rings. The largest absolute Gasteiger partial charge is 0.391 e. The van der Waals surface area contributed by atoms with Crippen LogP contribution >= 0.6 is 11.6 Å². The molecule has 4 nitrogen and oxygen atoms in total. The van der Waals surface area contributed by atoms with E-state index in [0.717, 1.165) is 30.8 Å². The smallest absolute Gasteiger partial charge is 0.150 e. The SMILES string of the molecule is COCCc1nc(Cl)c2n1CC(O)CC2. The van der Waals surface area contributed by atoms with Crippen molar-refractivity contribution in [3.63, 3.8) is 0 Å². The van der Waals surface area contributed by atoms with Crippen molar-refractivity contribution in [1.29, 1.82) is 0 Å². The first-order valence-corrected chi connectivity index (χ1v) is 5.51. The van der Waals surface area contributed by atoms with E-state index in [4.69, 9.17) is 16.3 Å². The second-order valence-corrected chi connectivity index (χ2v) is 4.17. The minimum Gasteiger partial charge on any atom is -0.391 e. The lowest BCUT2D eigenvalue weighted by Crippen LogP contribution is -2.25. The monoisotopic (exact) mass is 230 g/mol. The molecule has 1 unspecified atom stereocenters. The van der Waals surface area contributed by atoms with Crippen molar-refractivity contribution in [2.45, 2.75) is 31.9 Å². The Kier molecular flexibility index (Phi) is 3.29. The molecule has 1 aromatic heterocycles. The van der Waals surface area contributed by atoms with Crippen molar-refractivity contribution in [3.05, 3.63) is 16.7 Å². The van der Waals surface area contributed by atoms with Crippen molar-refractivity contribution >= 4 is 11.6 Å². The van der Waals surface area contributed by atoms with Gasteiger partial charge in [0.25, 0.3) is 0 Å². The van der Waals surface area contributed by atoms with Crippen LogP contribution in [-0.2, 0) is 24.1 Å². The van der Waals surface area contributed by atoms with Gasteiger partial charge in [0.15, 0.2) is 5.15 Å². The summed E-state index contributed by atoms with van der Waals surface area (Å²) >= 11 is 6.04. The Balaban J connectivity index is 2.24. The molecule has 0 bridgehead atoms. The van der Waals surface area contributed by atoms with Crippen LogP contribution in [-0.4, -0.2) is 34.5 Å². The summed E-state index contributed by atoms with van der Waals surface area (Å²) in [6.07, 6.45) is 2.04. The Morgan fingerprint density at radius 3 is 3.20 bits per heavy atom. The number of methoxy groups -OCH3 is 1. The molecule has 1 aliphatic rings. The summed E-state index contributed by atoms with van der Waals surface area (Å²) in [5, 5.41) is 10.2. The van der Waals surface area contributed by atoms with Crippen LogP contribution in [0.4, 0.5) is 0 Å². The zero-order valence-electron chi connectivity index (χ0n) is 8.74. The molecule has 0 aromatic carbocycles. The van der Waals surface area contributed by atoms with Crippen LogP contribution in [0.5, 0.6) is 0 Å². The number of imidazole rings is 1. The third kappa shape index (κ3) is 2.17. The number of aliphatic hydroxyl groups is 1. The van der Waals surface area contributed by atoms with E-state index >= 15 is 0 Å². The summed E-state index contributed by atoms with van der Waals surface area (Å²) in [5.41, 5.74) is 1.05. The zero-order chi connectivity index (χ0) is 10.8. The average molecular weight is 231 g/mol. The number of halogens is 1. The van der Waals surface area contributed by atoms with E-state index in [1.807, 2.05) is 4.57 Å². The molecule has 1 N–H and O–H groups in total. The first kappa shape index (κ1) is 10.9. The topological polar surface area (TPSA) is 47.3 Å². The minimum absolute atomic E-state index is 0.274. The van der Waals surface area contributed by atoms with Gasteiger partial charge in [-0.25, -0.2) is 4.98 Å². The fourth-order valence-electron chi connectivity index (χ4n) is 1.95. The fourth-order valence-corrected chi connectivity index (χ4v) is 2.24. The van der Waals surface area contributed by atoms with Gasteiger partial charge in [0.2, 0.25) is 0 Å². The Morgan fingerprint density at radius 1 is 1.67 bits per heavy atom. The molecule has 0 saturated heterocycles. The van der Waals surface area contributed by atoms with Gasteiger partial charge in [-0.2, -0.15) is 0 Å². The average Bonchev–Trinajstić information content (AvgIpc) is 2.52. The van der Waals surface area contributed by atoms with E-state index in [1.54, 1.807) is 7.11 Å². The molecule has 0 fully saturated rings. The molecule has 0 spiro atoms. The van der Waals surface area contributed by atoms with Gasteiger partial charge in [-0.3, -0.25) is 0 Å². The number of hydrogen-bond acceptors (Lipinski definition) is 3. The second kappa shape index (κ2) is 4.51. The minimum atomic E-state index is -0.274. The first-order chi connectivity index (χ1) is 7.22. The number of nitrogens with zero attached hydrogens (tertiary/aromatic N) is 2. The van der Waals surface area contributed by atoms with E-state index in [1.165, 1.54) is 0 Å². The highest BCUT2D eigenvalue weighted by molar-refractivity contribution is 6.30. The maximum Gasteiger partial charge on any atom is 0.150 e. The molecule has 0 amide bonds. The number of hydrogen-bond donors (Lipinski definition) is 1. The van der Waals surface area contributed by atoms with Crippen LogP contribution in [0.2, 0.25) is 5.15 Å². The van der Waals surface area contributed by atoms with Crippen molar-refractivity contribution < 1.29 is 9.84 Å². The van der Waals surface area contributed by atoms with Gasteiger partial charge in [-0.05, 0) is 12.8 Å². The maximum atomic E-state index is 9.59. The highest BCUT2D eigenvalue weighted by atomic mass is 35.5. The van der Waals surface area contributed by atoms with E-state index in [-0.39, 0.29) is 6.10 Å². The molecule has 0 saturated carbocycles. The highest BCUT2D eigenvalue weighted by Crippen LogP contribution is 2.24. The number of aliphatic hydroxyl groups excluding tert-OH is 1. The van der Waals surface area contributed by atoms with Crippen molar-refractivity contribution in [2.75, 3.05) is 13.7 Å². The quantitative estimate of drug-likeness (QED) is 0.844. The number of aromatic nitrogens is 2. The lowest BCUT2D eigenvalue weighted by molar-refractivity contribution is 0.128. The normalized spacial score (nSPS) is 20.3. The molecule has 84 valence electrons. The Hall–Kier alpha value is -0.580. The molecule has 2 heterocycles. The molecule has 1 aliphatic heterocycles. The van der Waals surface area contributed by atoms with E-state index in [0.29, 0.717) is 18.3 Å². The lowest BCUT2D eigenvalue weighted by atomic mass is 10.1. The van der Waals surface area contributed by atoms with E-state index < -0.39 is 0 Å². The summed E-state index contributed by atoms with van der Waals surface area (Å²) in [4.78, 5) is 4.30. The van der Waals surface area contributed by atoms with Crippen LogP contribution < -0.4 is 0 Å². The molecule has 5 heteroatoms. The van der Waals surface area contributed by atoms with Crippen LogP contribution in [0.3, 0.4) is 0 Å². The molecule has 1 atom stereocenters. The summed E-state index contributed by atoms with van der Waals surface area (Å²) < 4.78 is 7.04. The Labute approximate surface area is 93.8 Å². The Bertz CT molecular complexity index is 351. The molecule has 2 rings (SSSR count). The Morgan fingerprint density at radius 2 is 2.47 bits per heavy atom. The maximum absolute atomic E-state index is 9.59. The van der Waals surface area contributed by atoms with Gasteiger partial charge in [0, 0.05) is 13.5 Å². The third-order valence-electron chi connectivity index (χ3n) is 2.74. The number of ether oxygens (including phenoxy) is 1. The van der Waals surface area contributed by atoms with Crippen LogP contribution in [0, 0.1) is 0 Å². The standard InChI is InChI=1S/C10H15ClN2O2/c1-15-5-4-9-12-10(11)8-3-2-7(14)6-13(8)9/h7,14H,2-6H2,1H3. The molecular weight excluding hydrogens is 216 g/mol. The number of fused-ring (bicyclic) bond motifs is 1. The second-order valence-electron chi connectivity index (χ2n) is 3.81. The van der Waals surface area contributed by atoms with Gasteiger partial charge < -0.3 is 14.4 Å². The fraction of sp³-hybridized carbons (Fsp3) is 0.700. The summed E-state index contributed by atoms with van der Waals surface area (Å²) in [6.45, 7) is 1.23. The van der Waals surface area contributed by atoms with Crippen LogP contribution in [0.25, 0.3) is 0 Å². The summed E-state index contributed by atoms with van der Waals surface area (Å²) in [7, 11) is 1.66. The number of rotatable bonds is 3. The molecule has 0 aliphatic carbocycles. The highest BCUT2D eigenvalue weighted by Gasteiger charge is 2.22. The predicted molar refractivity (Wildman–Crippen MR) is 57.1 cm³/mol. The van der Waals surface area contributed by atoms with E-state index in [9.17, 15) is 5.11 Å². The molecule has 0 radical (unpaired) electrons. The van der Waals surface area contributed by atoms with Gasteiger partial charge in [-0.1, -0.05) is 11.6 Å². The molecule has 15 heavy (non-hydrogen) atoms. The van der Waals surface area contributed by atoms with Crippen LogP contribution in [0.15, 0.2) is 0 Å². The van der Waals surface area contributed by atoms with Gasteiger partial charge in [0.1, 0.15) is 5.82 Å². The van der Waals surface area contributed by atoms with Gasteiger partial charge >= 0.3 is 0 Å². The first-order valence-electron chi connectivity index (χ1n) is 5.13. The van der Waals surface area contributed by atoms with E-state index in [2.05, 4.69) is 4.98 Å². The van der Waals surface area contributed by atoms with Crippen molar-refractivity contribution in [3.8, 4) is 0 Å². The summed E-state index contributed by atoms with van der Waals surface area (Å²) in [5.74, 6) is 0.913. The van der Waals surface area contributed by atoms with Gasteiger partial charge in [0.05, 0.1) is 24.9 Å².